The number of halogens is 3. The first-order valence-corrected chi connectivity index (χ1v) is 7.18. The highest BCUT2D eigenvalue weighted by Gasteiger charge is 2.35. The number of benzene rings is 1. The molecule has 0 spiro atoms. The van der Waals surface area contributed by atoms with E-state index in [2.05, 4.69) is 0 Å². The summed E-state index contributed by atoms with van der Waals surface area (Å²) < 4.78 is 38.3. The van der Waals surface area contributed by atoms with E-state index in [0.717, 1.165) is 12.1 Å². The van der Waals surface area contributed by atoms with Crippen molar-refractivity contribution >= 4 is 23.4 Å². The minimum Gasteiger partial charge on any atom is -0.480 e. The number of rotatable bonds is 2. The van der Waals surface area contributed by atoms with Crippen LogP contribution in [-0.4, -0.2) is 35.2 Å². The van der Waals surface area contributed by atoms with Crippen molar-refractivity contribution < 1.29 is 23.1 Å². The number of carbonyl (C=O) groups is 1. The lowest BCUT2D eigenvalue weighted by atomic mass is 10.1. The van der Waals surface area contributed by atoms with Crippen LogP contribution in [0.5, 0.6) is 0 Å². The Bertz CT molecular complexity index is 598. The third-order valence-electron chi connectivity index (χ3n) is 3.17. The summed E-state index contributed by atoms with van der Waals surface area (Å²) in [7, 11) is 0. The number of carboxylic acids is 1. The Morgan fingerprint density at radius 1 is 1.48 bits per heavy atom. The molecule has 1 unspecified atom stereocenters. The molecule has 0 aromatic heterocycles. The van der Waals surface area contributed by atoms with Crippen molar-refractivity contribution in [1.29, 1.82) is 5.26 Å². The predicted octanol–water partition coefficient (Wildman–Crippen LogP) is 2.58. The maximum absolute atomic E-state index is 12.8. The molecule has 1 saturated heterocycles. The zero-order valence-electron chi connectivity index (χ0n) is 10.7. The van der Waals surface area contributed by atoms with Crippen LogP contribution in [0.2, 0.25) is 0 Å². The highest BCUT2D eigenvalue weighted by Crippen LogP contribution is 2.34. The van der Waals surface area contributed by atoms with Gasteiger partial charge in [0.05, 0.1) is 17.2 Å². The van der Waals surface area contributed by atoms with Gasteiger partial charge in [-0.25, -0.2) is 4.79 Å². The van der Waals surface area contributed by atoms with Crippen LogP contribution in [0.3, 0.4) is 0 Å². The van der Waals surface area contributed by atoms with Crippen molar-refractivity contribution in [1.82, 2.24) is 0 Å². The van der Waals surface area contributed by atoms with Crippen LogP contribution in [-0.2, 0) is 11.0 Å². The summed E-state index contributed by atoms with van der Waals surface area (Å²) in [6.45, 7) is 0.415. The molecule has 1 aliphatic rings. The second-order valence-electron chi connectivity index (χ2n) is 4.46. The number of aliphatic carboxylic acids is 1. The van der Waals surface area contributed by atoms with Crippen LogP contribution >= 0.6 is 11.8 Å². The average Bonchev–Trinajstić information content (AvgIpc) is 2.45. The fourth-order valence-corrected chi connectivity index (χ4v) is 3.21. The quantitative estimate of drug-likeness (QED) is 0.908. The Morgan fingerprint density at radius 3 is 2.76 bits per heavy atom. The Balaban J connectivity index is 2.41. The number of hydrogen-bond donors (Lipinski definition) is 1. The van der Waals surface area contributed by atoms with Crippen molar-refractivity contribution in [3.05, 3.63) is 29.3 Å². The molecule has 1 aromatic rings. The monoisotopic (exact) mass is 316 g/mol. The first-order valence-electron chi connectivity index (χ1n) is 6.03. The minimum atomic E-state index is -4.60. The summed E-state index contributed by atoms with van der Waals surface area (Å²) in [5, 5.41) is 18.1. The Hall–Kier alpha value is -1.88. The lowest BCUT2D eigenvalue weighted by Gasteiger charge is -2.34. The minimum absolute atomic E-state index is 0.326. The lowest BCUT2D eigenvalue weighted by Crippen LogP contribution is -2.47. The first kappa shape index (κ1) is 15.5. The Kier molecular flexibility index (Phi) is 4.32. The number of nitriles is 1. The van der Waals surface area contributed by atoms with E-state index in [9.17, 15) is 23.1 Å². The molecule has 0 saturated carbocycles. The molecule has 112 valence electrons. The van der Waals surface area contributed by atoms with Crippen LogP contribution in [0.1, 0.15) is 11.1 Å². The van der Waals surface area contributed by atoms with Gasteiger partial charge >= 0.3 is 12.1 Å². The van der Waals surface area contributed by atoms with E-state index in [-0.39, 0.29) is 0 Å². The molecule has 0 bridgehead atoms. The Labute approximate surface area is 123 Å². The maximum Gasteiger partial charge on any atom is 0.417 e. The molecular formula is C13H11F3N2O2S. The third-order valence-corrected chi connectivity index (χ3v) is 4.20. The van der Waals surface area contributed by atoms with Gasteiger partial charge in [0.2, 0.25) is 0 Å². The van der Waals surface area contributed by atoms with E-state index in [1.54, 1.807) is 0 Å². The fraction of sp³-hybridized carbons (Fsp3) is 0.385. The number of alkyl halides is 3. The SMILES string of the molecule is N#Cc1cc(N2CCSCC2C(=O)O)ccc1C(F)(F)F. The zero-order chi connectivity index (χ0) is 15.6. The van der Waals surface area contributed by atoms with Gasteiger partial charge in [0, 0.05) is 23.7 Å². The summed E-state index contributed by atoms with van der Waals surface area (Å²) in [6, 6.07) is 3.88. The smallest absolute Gasteiger partial charge is 0.417 e. The fourth-order valence-electron chi connectivity index (χ4n) is 2.17. The number of thioether (sulfide) groups is 1. The molecule has 4 nitrogen and oxygen atoms in total. The number of anilines is 1. The van der Waals surface area contributed by atoms with E-state index in [1.165, 1.54) is 28.8 Å². The van der Waals surface area contributed by atoms with Gasteiger partial charge in [0.1, 0.15) is 6.04 Å². The van der Waals surface area contributed by atoms with Crippen LogP contribution in [0.4, 0.5) is 18.9 Å². The van der Waals surface area contributed by atoms with Crippen molar-refractivity contribution in [3.63, 3.8) is 0 Å². The van der Waals surface area contributed by atoms with E-state index in [4.69, 9.17) is 5.26 Å². The van der Waals surface area contributed by atoms with E-state index in [0.29, 0.717) is 23.7 Å². The van der Waals surface area contributed by atoms with Gasteiger partial charge in [-0.15, -0.1) is 0 Å². The van der Waals surface area contributed by atoms with Crippen molar-refractivity contribution in [2.45, 2.75) is 12.2 Å². The summed E-state index contributed by atoms with van der Waals surface area (Å²) in [5.74, 6) is 0.0193. The van der Waals surface area contributed by atoms with Gasteiger partial charge in [0.25, 0.3) is 0 Å². The highest BCUT2D eigenvalue weighted by atomic mass is 32.2. The number of hydrogen-bond acceptors (Lipinski definition) is 4. The number of nitrogens with zero attached hydrogens (tertiary/aromatic N) is 2. The van der Waals surface area contributed by atoms with Gasteiger partial charge in [-0.05, 0) is 18.2 Å². The molecule has 2 rings (SSSR count). The van der Waals surface area contributed by atoms with Crippen molar-refractivity contribution in [2.24, 2.45) is 0 Å². The number of carboxylic acid groups (broad SMARTS) is 1. The highest BCUT2D eigenvalue weighted by molar-refractivity contribution is 7.99. The molecule has 0 radical (unpaired) electrons. The summed E-state index contributed by atoms with van der Waals surface area (Å²) in [5.41, 5.74) is -1.18. The Morgan fingerprint density at radius 2 is 2.19 bits per heavy atom. The molecule has 8 heteroatoms. The summed E-state index contributed by atoms with van der Waals surface area (Å²) in [4.78, 5) is 12.7. The van der Waals surface area contributed by atoms with Gasteiger partial charge in [-0.2, -0.15) is 30.2 Å². The maximum atomic E-state index is 12.8. The van der Waals surface area contributed by atoms with Crippen LogP contribution in [0, 0.1) is 11.3 Å². The van der Waals surface area contributed by atoms with Crippen LogP contribution in [0.25, 0.3) is 0 Å². The molecule has 1 N–H and O–H groups in total. The van der Waals surface area contributed by atoms with Gasteiger partial charge in [-0.1, -0.05) is 0 Å². The van der Waals surface area contributed by atoms with E-state index < -0.39 is 29.3 Å². The molecular weight excluding hydrogens is 305 g/mol. The molecule has 1 atom stereocenters. The molecule has 1 heterocycles. The van der Waals surface area contributed by atoms with Crippen LogP contribution < -0.4 is 4.90 Å². The second kappa shape index (κ2) is 5.85. The molecule has 1 fully saturated rings. The molecule has 0 aliphatic carbocycles. The standard InChI is InChI=1S/C13H11F3N2O2S/c14-13(15,16)10-2-1-9(5-8(10)6-17)18-3-4-21-7-11(18)12(19)20/h1-2,5,11H,3-4,7H2,(H,19,20). The molecule has 1 aliphatic heterocycles. The van der Waals surface area contributed by atoms with Crippen molar-refractivity contribution in [3.8, 4) is 6.07 Å². The average molecular weight is 316 g/mol. The molecule has 0 amide bonds. The first-order chi connectivity index (χ1) is 9.84. The van der Waals surface area contributed by atoms with Crippen molar-refractivity contribution in [2.75, 3.05) is 23.0 Å². The summed E-state index contributed by atoms with van der Waals surface area (Å²) in [6.07, 6.45) is -4.60. The van der Waals surface area contributed by atoms with E-state index >= 15 is 0 Å². The lowest BCUT2D eigenvalue weighted by molar-refractivity contribution is -0.139. The zero-order valence-corrected chi connectivity index (χ0v) is 11.5. The molecule has 21 heavy (non-hydrogen) atoms. The van der Waals surface area contributed by atoms with Gasteiger partial charge in [0.15, 0.2) is 0 Å². The summed E-state index contributed by atoms with van der Waals surface area (Å²) >= 11 is 1.48. The van der Waals surface area contributed by atoms with Crippen LogP contribution in [0.15, 0.2) is 18.2 Å². The normalized spacial score (nSPS) is 19.1. The molecule has 1 aromatic carbocycles. The van der Waals surface area contributed by atoms with E-state index in [1.807, 2.05) is 0 Å². The predicted molar refractivity (Wildman–Crippen MR) is 72.3 cm³/mol. The topological polar surface area (TPSA) is 64.3 Å². The van der Waals surface area contributed by atoms with Gasteiger partial charge < -0.3 is 10.0 Å². The van der Waals surface area contributed by atoms with Gasteiger partial charge in [-0.3, -0.25) is 0 Å². The largest absolute Gasteiger partial charge is 0.480 e. The third kappa shape index (κ3) is 3.24. The second-order valence-corrected chi connectivity index (χ2v) is 5.61.